The SMILES string of the molecule is CCCC(CCC)(C(=O)NC1CCCNC1=O)C(N)=S. The lowest BCUT2D eigenvalue weighted by molar-refractivity contribution is -0.134. The standard InChI is InChI=1S/C14H25N3O2S/c1-3-7-14(8-4-2,12(15)20)13(19)17-10-6-5-9-16-11(10)18/h10H,3-9H2,1-2H3,(H2,15,20)(H,16,18)(H,17,19). The van der Waals surface area contributed by atoms with Crippen LogP contribution in [0.15, 0.2) is 0 Å². The van der Waals surface area contributed by atoms with Crippen molar-refractivity contribution in [2.75, 3.05) is 6.54 Å². The molecule has 1 atom stereocenters. The number of amides is 2. The predicted molar refractivity (Wildman–Crippen MR) is 83.2 cm³/mol. The van der Waals surface area contributed by atoms with Gasteiger partial charge < -0.3 is 16.4 Å². The smallest absolute Gasteiger partial charge is 0.242 e. The van der Waals surface area contributed by atoms with E-state index in [1.54, 1.807) is 0 Å². The third kappa shape index (κ3) is 3.69. The molecule has 4 N–H and O–H groups in total. The molecule has 0 spiro atoms. The van der Waals surface area contributed by atoms with Crippen LogP contribution in [0.1, 0.15) is 52.4 Å². The highest BCUT2D eigenvalue weighted by molar-refractivity contribution is 7.80. The highest BCUT2D eigenvalue weighted by Gasteiger charge is 2.41. The molecular formula is C14H25N3O2S. The second-order valence-electron chi connectivity index (χ2n) is 5.41. The molecule has 2 amide bonds. The van der Waals surface area contributed by atoms with E-state index in [0.717, 1.165) is 19.3 Å². The minimum atomic E-state index is -0.823. The molecule has 20 heavy (non-hydrogen) atoms. The minimum absolute atomic E-state index is 0.116. The van der Waals surface area contributed by atoms with E-state index < -0.39 is 11.5 Å². The molecule has 0 aromatic carbocycles. The quantitative estimate of drug-likeness (QED) is 0.618. The largest absolute Gasteiger partial charge is 0.392 e. The van der Waals surface area contributed by atoms with Crippen LogP contribution in [0.3, 0.4) is 0 Å². The van der Waals surface area contributed by atoms with Gasteiger partial charge in [-0.3, -0.25) is 9.59 Å². The first-order chi connectivity index (χ1) is 9.47. The van der Waals surface area contributed by atoms with E-state index in [4.69, 9.17) is 18.0 Å². The van der Waals surface area contributed by atoms with Gasteiger partial charge >= 0.3 is 0 Å². The molecule has 0 bridgehead atoms. The zero-order valence-corrected chi connectivity index (χ0v) is 13.1. The average Bonchev–Trinajstić information content (AvgIpc) is 2.40. The number of nitrogens with two attached hydrogens (primary N) is 1. The van der Waals surface area contributed by atoms with Gasteiger partial charge in [-0.1, -0.05) is 38.9 Å². The van der Waals surface area contributed by atoms with E-state index in [1.807, 2.05) is 13.8 Å². The lowest BCUT2D eigenvalue weighted by Gasteiger charge is -2.33. The Morgan fingerprint density at radius 3 is 2.50 bits per heavy atom. The summed E-state index contributed by atoms with van der Waals surface area (Å²) < 4.78 is 0. The Balaban J connectivity index is 2.86. The Labute approximate surface area is 126 Å². The van der Waals surface area contributed by atoms with Crippen LogP contribution >= 0.6 is 12.2 Å². The van der Waals surface area contributed by atoms with Crippen molar-refractivity contribution in [3.05, 3.63) is 0 Å². The Morgan fingerprint density at radius 1 is 1.45 bits per heavy atom. The second kappa shape index (κ2) is 7.57. The molecule has 1 saturated heterocycles. The van der Waals surface area contributed by atoms with E-state index in [1.165, 1.54) is 0 Å². The number of carbonyl (C=O) groups is 2. The molecule has 1 rings (SSSR count). The third-order valence-electron chi connectivity index (χ3n) is 3.85. The molecule has 5 nitrogen and oxygen atoms in total. The Bertz CT molecular complexity index is 379. The number of carbonyl (C=O) groups excluding carboxylic acids is 2. The maximum Gasteiger partial charge on any atom is 0.242 e. The van der Waals surface area contributed by atoms with Crippen LogP contribution in [0.2, 0.25) is 0 Å². The summed E-state index contributed by atoms with van der Waals surface area (Å²) in [5.74, 6) is -0.315. The molecule has 1 unspecified atom stereocenters. The van der Waals surface area contributed by atoms with E-state index >= 15 is 0 Å². The maximum absolute atomic E-state index is 12.6. The third-order valence-corrected chi connectivity index (χ3v) is 4.24. The molecule has 0 aromatic rings. The summed E-state index contributed by atoms with van der Waals surface area (Å²) in [6.45, 7) is 4.68. The van der Waals surface area contributed by atoms with Gasteiger partial charge in [-0.05, 0) is 25.7 Å². The Morgan fingerprint density at radius 2 is 2.05 bits per heavy atom. The minimum Gasteiger partial charge on any atom is -0.392 e. The summed E-state index contributed by atoms with van der Waals surface area (Å²) in [5.41, 5.74) is 5.03. The van der Waals surface area contributed by atoms with Gasteiger partial charge in [0.1, 0.15) is 6.04 Å². The van der Waals surface area contributed by atoms with Crippen LogP contribution in [0.4, 0.5) is 0 Å². The normalized spacial score (nSPS) is 19.3. The van der Waals surface area contributed by atoms with Gasteiger partial charge in [0.2, 0.25) is 11.8 Å². The van der Waals surface area contributed by atoms with Gasteiger partial charge in [0, 0.05) is 6.54 Å². The van der Waals surface area contributed by atoms with Crippen molar-refractivity contribution in [2.45, 2.75) is 58.4 Å². The fourth-order valence-corrected chi connectivity index (χ4v) is 3.07. The molecule has 1 aliphatic heterocycles. The number of nitrogens with one attached hydrogen (secondary N) is 2. The van der Waals surface area contributed by atoms with Crippen LogP contribution in [0, 0.1) is 5.41 Å². The predicted octanol–water partition coefficient (Wildman–Crippen LogP) is 1.25. The molecule has 0 aliphatic carbocycles. The molecule has 1 aliphatic rings. The summed E-state index contributed by atoms with van der Waals surface area (Å²) in [4.78, 5) is 24.6. The van der Waals surface area contributed by atoms with Crippen LogP contribution in [0.5, 0.6) is 0 Å². The summed E-state index contributed by atoms with van der Waals surface area (Å²) in [6, 6.07) is -0.460. The molecule has 6 heteroatoms. The lowest BCUT2D eigenvalue weighted by Crippen LogP contribution is -2.56. The topological polar surface area (TPSA) is 84.2 Å². The molecule has 0 saturated carbocycles. The highest BCUT2D eigenvalue weighted by Crippen LogP contribution is 2.31. The van der Waals surface area contributed by atoms with E-state index in [9.17, 15) is 9.59 Å². The summed E-state index contributed by atoms with van der Waals surface area (Å²) in [5, 5.41) is 5.61. The number of rotatable bonds is 7. The van der Waals surface area contributed by atoms with Gasteiger partial charge in [0.25, 0.3) is 0 Å². The first-order valence-electron chi connectivity index (χ1n) is 7.36. The maximum atomic E-state index is 12.6. The number of thiocarbonyl (C=S) groups is 1. The van der Waals surface area contributed by atoms with E-state index in [-0.39, 0.29) is 16.8 Å². The number of hydrogen-bond donors (Lipinski definition) is 3. The van der Waals surface area contributed by atoms with Gasteiger partial charge in [-0.15, -0.1) is 0 Å². The van der Waals surface area contributed by atoms with Crippen molar-refractivity contribution in [2.24, 2.45) is 11.1 Å². The van der Waals surface area contributed by atoms with Crippen LogP contribution in [-0.4, -0.2) is 29.4 Å². The van der Waals surface area contributed by atoms with Crippen LogP contribution in [-0.2, 0) is 9.59 Å². The summed E-state index contributed by atoms with van der Waals surface area (Å²) >= 11 is 5.15. The van der Waals surface area contributed by atoms with E-state index in [2.05, 4.69) is 10.6 Å². The van der Waals surface area contributed by atoms with Crippen molar-refractivity contribution in [1.29, 1.82) is 0 Å². The molecule has 1 fully saturated rings. The van der Waals surface area contributed by atoms with Crippen molar-refractivity contribution in [1.82, 2.24) is 10.6 Å². The van der Waals surface area contributed by atoms with Crippen molar-refractivity contribution >= 4 is 29.0 Å². The molecule has 1 heterocycles. The van der Waals surface area contributed by atoms with Gasteiger partial charge in [0.15, 0.2) is 0 Å². The second-order valence-corrected chi connectivity index (χ2v) is 5.85. The van der Waals surface area contributed by atoms with Crippen LogP contribution in [0.25, 0.3) is 0 Å². The first-order valence-corrected chi connectivity index (χ1v) is 7.77. The number of hydrogen-bond acceptors (Lipinski definition) is 3. The van der Waals surface area contributed by atoms with Gasteiger partial charge in [0.05, 0.1) is 10.4 Å². The molecular weight excluding hydrogens is 274 g/mol. The molecule has 0 aromatic heterocycles. The summed E-state index contributed by atoms with van der Waals surface area (Å²) in [6.07, 6.45) is 4.43. The van der Waals surface area contributed by atoms with E-state index in [0.29, 0.717) is 25.8 Å². The summed E-state index contributed by atoms with van der Waals surface area (Å²) in [7, 11) is 0. The fourth-order valence-electron chi connectivity index (χ4n) is 2.77. The van der Waals surface area contributed by atoms with Crippen LogP contribution < -0.4 is 16.4 Å². The van der Waals surface area contributed by atoms with Crippen molar-refractivity contribution in [3.8, 4) is 0 Å². The average molecular weight is 299 g/mol. The van der Waals surface area contributed by atoms with Crippen molar-refractivity contribution in [3.63, 3.8) is 0 Å². The highest BCUT2D eigenvalue weighted by atomic mass is 32.1. The van der Waals surface area contributed by atoms with Gasteiger partial charge in [-0.25, -0.2) is 0 Å². The van der Waals surface area contributed by atoms with Crippen molar-refractivity contribution < 1.29 is 9.59 Å². The Kier molecular flexibility index (Phi) is 6.39. The molecule has 0 radical (unpaired) electrons. The fraction of sp³-hybridized carbons (Fsp3) is 0.786. The van der Waals surface area contributed by atoms with Gasteiger partial charge in [-0.2, -0.15) is 0 Å². The first kappa shape index (κ1) is 16.9. The zero-order valence-electron chi connectivity index (χ0n) is 12.3. The lowest BCUT2D eigenvalue weighted by atomic mass is 9.78. The zero-order chi connectivity index (χ0) is 15.2. The molecule has 114 valence electrons. The Hall–Kier alpha value is -1.17. The monoisotopic (exact) mass is 299 g/mol. The number of piperidine rings is 1.